The summed E-state index contributed by atoms with van der Waals surface area (Å²) < 4.78 is 0. The number of carboxylic acids is 1. The Balaban J connectivity index is 3.90. The highest BCUT2D eigenvalue weighted by molar-refractivity contribution is 5.76. The molecule has 0 saturated carbocycles. The first-order valence-electron chi connectivity index (χ1n) is 6.08. The van der Waals surface area contributed by atoms with Crippen molar-refractivity contribution in [3.63, 3.8) is 0 Å². The molecule has 0 bridgehead atoms. The van der Waals surface area contributed by atoms with Gasteiger partial charge in [-0.1, -0.05) is 13.8 Å². The van der Waals surface area contributed by atoms with Gasteiger partial charge in [-0.05, 0) is 20.0 Å². The molecule has 0 saturated heterocycles. The molecule has 2 unspecified atom stereocenters. The zero-order valence-electron chi connectivity index (χ0n) is 11.1. The Morgan fingerprint density at radius 3 is 2.28 bits per heavy atom. The number of likely N-dealkylation sites (N-methyl/N-ethyl adjacent to an activating group) is 1. The third-order valence-corrected chi connectivity index (χ3v) is 2.55. The number of urea groups is 1. The van der Waals surface area contributed by atoms with Crippen LogP contribution in [0.25, 0.3) is 0 Å². The van der Waals surface area contributed by atoms with E-state index < -0.39 is 18.1 Å². The van der Waals surface area contributed by atoms with Gasteiger partial charge in [0.25, 0.3) is 0 Å². The minimum atomic E-state index is -1.58. The minimum absolute atomic E-state index is 0.0492. The molecule has 2 amide bonds. The number of hydrogen-bond donors (Lipinski definition) is 4. The van der Waals surface area contributed by atoms with Crippen molar-refractivity contribution in [3.05, 3.63) is 0 Å². The van der Waals surface area contributed by atoms with E-state index >= 15 is 0 Å². The molecule has 0 aromatic rings. The van der Waals surface area contributed by atoms with Crippen molar-refractivity contribution in [2.24, 2.45) is 0 Å². The minimum Gasteiger partial charge on any atom is -0.479 e. The molecule has 7 heteroatoms. The molecule has 0 heterocycles. The van der Waals surface area contributed by atoms with Crippen LogP contribution in [0.15, 0.2) is 0 Å². The van der Waals surface area contributed by atoms with E-state index in [-0.39, 0.29) is 12.6 Å². The summed E-state index contributed by atoms with van der Waals surface area (Å²) in [6.45, 7) is 8.18. The molecule has 18 heavy (non-hydrogen) atoms. The Morgan fingerprint density at radius 1 is 1.28 bits per heavy atom. The lowest BCUT2D eigenvalue weighted by Gasteiger charge is -2.23. The predicted molar refractivity (Wildman–Crippen MR) is 67.4 cm³/mol. The number of nitrogens with zero attached hydrogens (tertiary/aromatic N) is 1. The number of aliphatic carboxylic acids is 1. The zero-order chi connectivity index (χ0) is 14.1. The number of rotatable bonds is 8. The van der Waals surface area contributed by atoms with Crippen molar-refractivity contribution in [1.29, 1.82) is 0 Å². The average Bonchev–Trinajstić information content (AvgIpc) is 2.32. The van der Waals surface area contributed by atoms with E-state index in [9.17, 15) is 9.59 Å². The van der Waals surface area contributed by atoms with Crippen LogP contribution in [0.5, 0.6) is 0 Å². The average molecular weight is 261 g/mol. The van der Waals surface area contributed by atoms with E-state index in [0.29, 0.717) is 0 Å². The van der Waals surface area contributed by atoms with Crippen LogP contribution in [0.4, 0.5) is 4.79 Å². The summed E-state index contributed by atoms with van der Waals surface area (Å²) in [6, 6.07) is -0.526. The van der Waals surface area contributed by atoms with Gasteiger partial charge >= 0.3 is 12.0 Å². The van der Waals surface area contributed by atoms with Crippen molar-refractivity contribution < 1.29 is 19.8 Å². The van der Waals surface area contributed by atoms with Crippen LogP contribution in [0.1, 0.15) is 20.8 Å². The molecule has 0 aliphatic rings. The standard InChI is InChI=1S/C11H23N3O4/c1-4-14(5-2)7-8(3)13-11(18)12-6-9(15)10(16)17/h8-9,15H,4-7H2,1-3H3,(H,16,17)(H2,12,13,18). The molecule has 106 valence electrons. The Labute approximate surface area is 107 Å². The second kappa shape index (κ2) is 8.71. The van der Waals surface area contributed by atoms with Crippen LogP contribution in [0.2, 0.25) is 0 Å². The molecule has 7 nitrogen and oxygen atoms in total. The number of carbonyl (C=O) groups excluding carboxylic acids is 1. The molecule has 2 atom stereocenters. The molecule has 0 aromatic carbocycles. The predicted octanol–water partition coefficient (Wildman–Crippen LogP) is -0.539. The summed E-state index contributed by atoms with van der Waals surface area (Å²) in [5, 5.41) is 22.4. The second-order valence-electron chi connectivity index (χ2n) is 4.10. The first kappa shape index (κ1) is 16.7. The SMILES string of the molecule is CCN(CC)CC(C)NC(=O)NCC(O)C(=O)O. The molecule has 0 radical (unpaired) electrons. The second-order valence-corrected chi connectivity index (χ2v) is 4.10. The lowest BCUT2D eigenvalue weighted by molar-refractivity contribution is -0.146. The maximum absolute atomic E-state index is 11.4. The van der Waals surface area contributed by atoms with E-state index in [1.54, 1.807) is 0 Å². The van der Waals surface area contributed by atoms with Gasteiger partial charge < -0.3 is 25.7 Å². The number of aliphatic hydroxyl groups is 1. The molecule has 0 spiro atoms. The number of hydrogen-bond acceptors (Lipinski definition) is 4. The van der Waals surface area contributed by atoms with E-state index in [2.05, 4.69) is 15.5 Å². The Hall–Kier alpha value is -1.34. The third-order valence-electron chi connectivity index (χ3n) is 2.55. The fourth-order valence-corrected chi connectivity index (χ4v) is 1.47. The van der Waals surface area contributed by atoms with Gasteiger partial charge in [-0.15, -0.1) is 0 Å². The Kier molecular flexibility index (Phi) is 8.06. The van der Waals surface area contributed by atoms with E-state index in [1.807, 2.05) is 20.8 Å². The van der Waals surface area contributed by atoms with Crippen molar-refractivity contribution in [2.45, 2.75) is 32.9 Å². The fraction of sp³-hybridized carbons (Fsp3) is 0.818. The quantitative estimate of drug-likeness (QED) is 0.470. The van der Waals surface area contributed by atoms with Gasteiger partial charge in [0, 0.05) is 12.6 Å². The number of amides is 2. The van der Waals surface area contributed by atoms with Crippen LogP contribution < -0.4 is 10.6 Å². The van der Waals surface area contributed by atoms with Gasteiger partial charge in [-0.2, -0.15) is 0 Å². The lowest BCUT2D eigenvalue weighted by Crippen LogP contribution is -2.48. The van der Waals surface area contributed by atoms with Crippen LogP contribution in [-0.2, 0) is 4.79 Å². The summed E-state index contributed by atoms with van der Waals surface area (Å²) in [6.07, 6.45) is -1.58. The first-order chi connectivity index (χ1) is 8.40. The van der Waals surface area contributed by atoms with Crippen LogP contribution >= 0.6 is 0 Å². The van der Waals surface area contributed by atoms with Gasteiger partial charge in [0.15, 0.2) is 6.10 Å². The highest BCUT2D eigenvalue weighted by Crippen LogP contribution is 1.91. The Bertz CT molecular complexity index is 269. The highest BCUT2D eigenvalue weighted by atomic mass is 16.4. The molecule has 0 aliphatic carbocycles. The smallest absolute Gasteiger partial charge is 0.334 e. The molecule has 0 fully saturated rings. The van der Waals surface area contributed by atoms with Gasteiger partial charge in [-0.3, -0.25) is 0 Å². The zero-order valence-corrected chi connectivity index (χ0v) is 11.1. The van der Waals surface area contributed by atoms with Gasteiger partial charge in [-0.25, -0.2) is 9.59 Å². The van der Waals surface area contributed by atoms with E-state index in [1.165, 1.54) is 0 Å². The van der Waals surface area contributed by atoms with Crippen LogP contribution in [-0.4, -0.2) is 65.4 Å². The topological polar surface area (TPSA) is 102 Å². The summed E-state index contributed by atoms with van der Waals surface area (Å²) in [7, 11) is 0. The molecular formula is C11H23N3O4. The maximum atomic E-state index is 11.4. The largest absolute Gasteiger partial charge is 0.479 e. The van der Waals surface area contributed by atoms with Gasteiger partial charge in [0.1, 0.15) is 0 Å². The van der Waals surface area contributed by atoms with Crippen molar-refractivity contribution in [2.75, 3.05) is 26.2 Å². The number of aliphatic hydroxyl groups excluding tert-OH is 1. The van der Waals surface area contributed by atoms with Crippen molar-refractivity contribution in [3.8, 4) is 0 Å². The third kappa shape index (κ3) is 7.08. The number of carboxylic acid groups (broad SMARTS) is 1. The highest BCUT2D eigenvalue weighted by Gasteiger charge is 2.15. The lowest BCUT2D eigenvalue weighted by atomic mass is 10.3. The molecule has 4 N–H and O–H groups in total. The van der Waals surface area contributed by atoms with Crippen molar-refractivity contribution >= 4 is 12.0 Å². The number of nitrogens with one attached hydrogen (secondary N) is 2. The van der Waals surface area contributed by atoms with Crippen LogP contribution in [0.3, 0.4) is 0 Å². The summed E-state index contributed by atoms with van der Waals surface area (Å²) in [5.41, 5.74) is 0. The van der Waals surface area contributed by atoms with Crippen LogP contribution in [0, 0.1) is 0 Å². The fourth-order valence-electron chi connectivity index (χ4n) is 1.47. The number of carbonyl (C=O) groups is 2. The summed E-state index contributed by atoms with van der Waals surface area (Å²) in [5.74, 6) is -1.36. The van der Waals surface area contributed by atoms with Crippen molar-refractivity contribution in [1.82, 2.24) is 15.5 Å². The first-order valence-corrected chi connectivity index (χ1v) is 6.08. The molecule has 0 aromatic heterocycles. The van der Waals surface area contributed by atoms with Gasteiger partial charge in [0.05, 0.1) is 6.54 Å². The normalized spacial score (nSPS) is 14.1. The maximum Gasteiger partial charge on any atom is 0.334 e. The molecule has 0 rings (SSSR count). The Morgan fingerprint density at radius 2 is 1.83 bits per heavy atom. The van der Waals surface area contributed by atoms with E-state index in [0.717, 1.165) is 19.6 Å². The summed E-state index contributed by atoms with van der Waals surface area (Å²) in [4.78, 5) is 23.9. The van der Waals surface area contributed by atoms with E-state index in [4.69, 9.17) is 10.2 Å². The summed E-state index contributed by atoms with van der Waals surface area (Å²) >= 11 is 0. The molecular weight excluding hydrogens is 238 g/mol. The molecule has 0 aliphatic heterocycles. The monoisotopic (exact) mass is 261 g/mol. The van der Waals surface area contributed by atoms with Gasteiger partial charge in [0.2, 0.25) is 0 Å².